The first-order valence-electron chi connectivity index (χ1n) is 6.16. The second kappa shape index (κ2) is 9.11. The molecule has 0 aliphatic heterocycles. The Labute approximate surface area is 116 Å². The van der Waals surface area contributed by atoms with E-state index in [-0.39, 0.29) is 18.0 Å². The van der Waals surface area contributed by atoms with E-state index in [2.05, 4.69) is 5.16 Å². The van der Waals surface area contributed by atoms with E-state index in [0.717, 1.165) is 12.5 Å². The summed E-state index contributed by atoms with van der Waals surface area (Å²) in [6.07, 6.45) is 0.808. The van der Waals surface area contributed by atoms with Crippen LogP contribution in [0.5, 0.6) is 5.75 Å². The van der Waals surface area contributed by atoms with Crippen molar-refractivity contribution >= 4 is 5.84 Å². The largest absolute Gasteiger partial charge is 0.490 e. The van der Waals surface area contributed by atoms with Crippen molar-refractivity contribution < 1.29 is 23.8 Å². The maximum Gasteiger partial charge on any atom is 0.173 e. The second-order valence-corrected chi connectivity index (χ2v) is 3.93. The number of methoxy groups -OCH3 is 1. The number of nitrogens with two attached hydrogens (primary N) is 1. The van der Waals surface area contributed by atoms with Crippen LogP contribution in [0.25, 0.3) is 0 Å². The summed E-state index contributed by atoms with van der Waals surface area (Å²) >= 11 is 0. The zero-order valence-electron chi connectivity index (χ0n) is 11.3. The lowest BCUT2D eigenvalue weighted by atomic mass is 10.2. The van der Waals surface area contributed by atoms with Crippen LogP contribution in [-0.4, -0.2) is 44.6 Å². The molecule has 0 fully saturated rings. The molecule has 0 saturated heterocycles. The number of ether oxygens (including phenoxy) is 3. The summed E-state index contributed by atoms with van der Waals surface area (Å²) in [6.45, 7) is 1.89. The fraction of sp³-hybridized carbons (Fsp3) is 0.462. The third-order valence-electron chi connectivity index (χ3n) is 2.45. The summed E-state index contributed by atoms with van der Waals surface area (Å²) in [5, 5.41) is 11.5. The summed E-state index contributed by atoms with van der Waals surface area (Å²) in [5.74, 6) is -0.363. The van der Waals surface area contributed by atoms with Crippen LogP contribution in [-0.2, 0) is 9.47 Å². The monoisotopic (exact) mass is 286 g/mol. The number of hydrogen-bond acceptors (Lipinski definition) is 5. The average molecular weight is 286 g/mol. The normalized spacial score (nSPS) is 11.6. The zero-order chi connectivity index (χ0) is 14.8. The molecule has 20 heavy (non-hydrogen) atoms. The molecule has 0 aromatic heterocycles. The van der Waals surface area contributed by atoms with E-state index >= 15 is 0 Å². The minimum atomic E-state index is -0.491. The van der Waals surface area contributed by atoms with Crippen LogP contribution in [0.1, 0.15) is 12.0 Å². The van der Waals surface area contributed by atoms with Crippen LogP contribution in [0.4, 0.5) is 4.39 Å². The van der Waals surface area contributed by atoms with Crippen LogP contribution in [0.2, 0.25) is 0 Å². The van der Waals surface area contributed by atoms with Gasteiger partial charge in [-0.3, -0.25) is 0 Å². The number of rotatable bonds is 9. The van der Waals surface area contributed by atoms with E-state index in [1.54, 1.807) is 7.11 Å². The maximum atomic E-state index is 13.1. The van der Waals surface area contributed by atoms with Gasteiger partial charge >= 0.3 is 0 Å². The summed E-state index contributed by atoms with van der Waals surface area (Å²) in [6, 6.07) is 3.81. The maximum absolute atomic E-state index is 13.1. The Morgan fingerprint density at radius 3 is 2.80 bits per heavy atom. The zero-order valence-corrected chi connectivity index (χ0v) is 11.3. The molecule has 1 rings (SSSR count). The molecule has 0 unspecified atom stereocenters. The van der Waals surface area contributed by atoms with Gasteiger partial charge in [-0.25, -0.2) is 4.39 Å². The summed E-state index contributed by atoms with van der Waals surface area (Å²) in [4.78, 5) is 0. The van der Waals surface area contributed by atoms with E-state index in [0.29, 0.717) is 25.6 Å². The molecule has 1 aromatic carbocycles. The first-order chi connectivity index (χ1) is 9.69. The molecule has 3 N–H and O–H groups in total. The van der Waals surface area contributed by atoms with Crippen molar-refractivity contribution in [1.29, 1.82) is 0 Å². The van der Waals surface area contributed by atoms with Gasteiger partial charge in [-0.15, -0.1) is 0 Å². The highest BCUT2D eigenvalue weighted by Crippen LogP contribution is 2.19. The van der Waals surface area contributed by atoms with Gasteiger partial charge in [-0.2, -0.15) is 0 Å². The van der Waals surface area contributed by atoms with Gasteiger partial charge in [0.25, 0.3) is 0 Å². The van der Waals surface area contributed by atoms with Crippen molar-refractivity contribution in [3.63, 3.8) is 0 Å². The van der Waals surface area contributed by atoms with Crippen molar-refractivity contribution in [2.45, 2.75) is 6.42 Å². The quantitative estimate of drug-likeness (QED) is 0.235. The van der Waals surface area contributed by atoms with Crippen molar-refractivity contribution in [1.82, 2.24) is 0 Å². The Hall–Kier alpha value is -1.86. The highest BCUT2D eigenvalue weighted by molar-refractivity contribution is 5.99. The highest BCUT2D eigenvalue weighted by Gasteiger charge is 2.09. The third-order valence-corrected chi connectivity index (χ3v) is 2.45. The molecule has 7 heteroatoms. The van der Waals surface area contributed by atoms with Gasteiger partial charge < -0.3 is 25.2 Å². The van der Waals surface area contributed by atoms with Gasteiger partial charge in [0.1, 0.15) is 18.2 Å². The summed E-state index contributed by atoms with van der Waals surface area (Å²) in [7, 11) is 1.63. The Balaban J connectivity index is 2.43. The summed E-state index contributed by atoms with van der Waals surface area (Å²) in [5.41, 5.74) is 5.66. The molecule has 0 heterocycles. The molecule has 0 spiro atoms. The smallest absolute Gasteiger partial charge is 0.173 e. The fourth-order valence-electron chi connectivity index (χ4n) is 1.50. The predicted molar refractivity (Wildman–Crippen MR) is 71.7 cm³/mol. The molecule has 0 aliphatic carbocycles. The number of amidine groups is 1. The molecule has 0 atom stereocenters. The van der Waals surface area contributed by atoms with Crippen LogP contribution < -0.4 is 10.5 Å². The number of benzene rings is 1. The highest BCUT2D eigenvalue weighted by atomic mass is 19.1. The summed E-state index contributed by atoms with van der Waals surface area (Å²) < 4.78 is 28.8. The van der Waals surface area contributed by atoms with Crippen LogP contribution in [0, 0.1) is 5.82 Å². The number of hydrogen-bond donors (Lipinski definition) is 2. The van der Waals surface area contributed by atoms with Crippen molar-refractivity contribution in [2.24, 2.45) is 10.9 Å². The predicted octanol–water partition coefficient (Wildman–Crippen LogP) is 1.35. The molecule has 1 aromatic rings. The lowest BCUT2D eigenvalue weighted by Gasteiger charge is -2.11. The number of oxime groups is 1. The fourth-order valence-corrected chi connectivity index (χ4v) is 1.50. The minimum Gasteiger partial charge on any atom is -0.490 e. The van der Waals surface area contributed by atoms with Crippen LogP contribution in [0.3, 0.4) is 0 Å². The van der Waals surface area contributed by atoms with Gasteiger partial charge in [-0.1, -0.05) is 5.16 Å². The lowest BCUT2D eigenvalue weighted by Crippen LogP contribution is -2.16. The topological polar surface area (TPSA) is 86.3 Å². The lowest BCUT2D eigenvalue weighted by molar-refractivity contribution is 0.0806. The molecular formula is C13H19FN2O4. The van der Waals surface area contributed by atoms with Crippen LogP contribution in [0.15, 0.2) is 23.4 Å². The van der Waals surface area contributed by atoms with Gasteiger partial charge in [0.15, 0.2) is 5.84 Å². The minimum absolute atomic E-state index is 0.201. The SMILES string of the molecule is COCCCOCCOc1ccc(F)cc1/C(N)=N/O. The Morgan fingerprint density at radius 1 is 1.30 bits per heavy atom. The Bertz CT molecular complexity index is 440. The molecule has 112 valence electrons. The average Bonchev–Trinajstić information content (AvgIpc) is 2.46. The van der Waals surface area contributed by atoms with E-state index in [1.807, 2.05) is 0 Å². The first-order valence-corrected chi connectivity index (χ1v) is 6.16. The van der Waals surface area contributed by atoms with Gasteiger partial charge in [0.2, 0.25) is 0 Å². The van der Waals surface area contributed by atoms with Gasteiger partial charge in [-0.05, 0) is 24.6 Å². The van der Waals surface area contributed by atoms with Crippen molar-refractivity contribution in [2.75, 3.05) is 33.5 Å². The van der Waals surface area contributed by atoms with Gasteiger partial charge in [0.05, 0.1) is 12.2 Å². The molecular weight excluding hydrogens is 267 g/mol. The first kappa shape index (κ1) is 16.2. The van der Waals surface area contributed by atoms with E-state index in [1.165, 1.54) is 12.1 Å². The number of halogens is 1. The number of nitrogens with zero attached hydrogens (tertiary/aromatic N) is 1. The Morgan fingerprint density at radius 2 is 2.10 bits per heavy atom. The van der Waals surface area contributed by atoms with Crippen molar-refractivity contribution in [3.05, 3.63) is 29.6 Å². The van der Waals surface area contributed by atoms with Gasteiger partial charge in [0, 0.05) is 20.3 Å². The van der Waals surface area contributed by atoms with Crippen LogP contribution >= 0.6 is 0 Å². The molecule has 0 aliphatic rings. The standard InChI is InChI=1S/C13H19FN2O4/c1-18-5-2-6-19-7-8-20-12-4-3-10(14)9-11(12)13(15)16-17/h3-4,9,17H,2,5-8H2,1H3,(H2,15,16). The third kappa shape index (κ3) is 5.41. The molecule has 0 bridgehead atoms. The van der Waals surface area contributed by atoms with E-state index in [9.17, 15) is 4.39 Å². The van der Waals surface area contributed by atoms with Crippen molar-refractivity contribution in [3.8, 4) is 5.75 Å². The molecule has 6 nitrogen and oxygen atoms in total. The molecule has 0 radical (unpaired) electrons. The van der Waals surface area contributed by atoms with E-state index < -0.39 is 5.82 Å². The molecule has 0 saturated carbocycles. The Kier molecular flexibility index (Phi) is 7.38. The van der Waals surface area contributed by atoms with E-state index in [4.69, 9.17) is 25.2 Å². The second-order valence-electron chi connectivity index (χ2n) is 3.93. The molecule has 0 amide bonds.